The number of nitrogens with one attached hydrogen (secondary N) is 1. The fourth-order valence-corrected chi connectivity index (χ4v) is 4.51. The molecule has 1 atom stereocenters. The van der Waals surface area contributed by atoms with Crippen LogP contribution in [0.15, 0.2) is 53.4 Å². The molecule has 0 aliphatic carbocycles. The highest BCUT2D eigenvalue weighted by molar-refractivity contribution is 7.92. The number of sulfonamides is 1. The fourth-order valence-electron chi connectivity index (χ4n) is 3.03. The van der Waals surface area contributed by atoms with Gasteiger partial charge in [0.05, 0.1) is 29.3 Å². The number of fused-ring (bicyclic) bond motifs is 1. The molecule has 2 aromatic rings. The van der Waals surface area contributed by atoms with E-state index < -0.39 is 22.1 Å². The summed E-state index contributed by atoms with van der Waals surface area (Å²) < 4.78 is 38.6. The largest absolute Gasteiger partial charge is 0.476 e. The second kappa shape index (κ2) is 9.17. The van der Waals surface area contributed by atoms with Gasteiger partial charge in [-0.15, -0.1) is 0 Å². The third kappa shape index (κ3) is 4.40. The first-order chi connectivity index (χ1) is 14.4. The van der Waals surface area contributed by atoms with E-state index in [1.54, 1.807) is 31.2 Å². The van der Waals surface area contributed by atoms with E-state index in [0.717, 1.165) is 6.42 Å². The lowest BCUT2D eigenvalue weighted by Crippen LogP contribution is -2.50. The van der Waals surface area contributed by atoms with Crippen molar-refractivity contribution >= 4 is 27.6 Å². The maximum Gasteiger partial charge on any atom is 0.338 e. The normalized spacial score (nSPS) is 15.7. The van der Waals surface area contributed by atoms with Gasteiger partial charge in [-0.3, -0.25) is 9.10 Å². The summed E-state index contributed by atoms with van der Waals surface area (Å²) in [5, 5.41) is 2.74. The number of rotatable bonds is 7. The monoisotopic (exact) mass is 432 g/mol. The van der Waals surface area contributed by atoms with Crippen LogP contribution < -0.4 is 14.4 Å². The molecule has 160 valence electrons. The summed E-state index contributed by atoms with van der Waals surface area (Å²) in [6.07, 6.45) is -0.218. The highest BCUT2D eigenvalue weighted by atomic mass is 32.2. The Bertz CT molecular complexity index is 1020. The van der Waals surface area contributed by atoms with E-state index in [2.05, 4.69) is 5.32 Å². The molecule has 0 radical (unpaired) electrons. The van der Waals surface area contributed by atoms with Crippen LogP contribution in [0.2, 0.25) is 0 Å². The number of ether oxygens (including phenoxy) is 2. The Labute approximate surface area is 175 Å². The van der Waals surface area contributed by atoms with Gasteiger partial charge < -0.3 is 14.8 Å². The number of para-hydroxylation sites is 2. The molecule has 2 aromatic carbocycles. The number of anilines is 1. The van der Waals surface area contributed by atoms with Gasteiger partial charge in [-0.05, 0) is 49.7 Å². The highest BCUT2D eigenvalue weighted by Crippen LogP contribution is 2.36. The predicted molar refractivity (Wildman–Crippen MR) is 111 cm³/mol. The Morgan fingerprint density at radius 2 is 1.83 bits per heavy atom. The van der Waals surface area contributed by atoms with Gasteiger partial charge in [0.1, 0.15) is 5.75 Å². The zero-order chi connectivity index (χ0) is 21.7. The Kier molecular flexibility index (Phi) is 6.61. The first-order valence-electron chi connectivity index (χ1n) is 9.71. The summed E-state index contributed by atoms with van der Waals surface area (Å²) in [4.78, 5) is 24.3. The molecule has 9 heteroatoms. The van der Waals surface area contributed by atoms with Gasteiger partial charge in [-0.25, -0.2) is 13.2 Å². The molecular formula is C21H24N2O6S. The average molecular weight is 432 g/mol. The molecule has 1 N–H and O–H groups in total. The van der Waals surface area contributed by atoms with Crippen LogP contribution in [-0.4, -0.2) is 46.1 Å². The topological polar surface area (TPSA) is 102 Å². The summed E-state index contributed by atoms with van der Waals surface area (Å²) in [5.41, 5.74) is 0.613. The summed E-state index contributed by atoms with van der Waals surface area (Å²) >= 11 is 0. The maximum absolute atomic E-state index is 13.4. The second-order valence-electron chi connectivity index (χ2n) is 6.65. The molecule has 1 amide bonds. The Hall–Kier alpha value is -3.07. The van der Waals surface area contributed by atoms with Gasteiger partial charge in [0.2, 0.25) is 0 Å². The summed E-state index contributed by atoms with van der Waals surface area (Å²) in [7, 11) is -4.00. The summed E-state index contributed by atoms with van der Waals surface area (Å²) in [6, 6.07) is 12.2. The number of carbonyl (C=O) groups is 2. The lowest BCUT2D eigenvalue weighted by molar-refractivity contribution is -0.127. The predicted octanol–water partition coefficient (Wildman–Crippen LogP) is 2.35. The molecule has 0 spiro atoms. The van der Waals surface area contributed by atoms with E-state index in [9.17, 15) is 18.0 Å². The number of carbonyl (C=O) groups excluding carboxylic acids is 2. The Morgan fingerprint density at radius 3 is 2.50 bits per heavy atom. The minimum atomic E-state index is -4.00. The van der Waals surface area contributed by atoms with Crippen molar-refractivity contribution in [2.75, 3.05) is 24.0 Å². The fraction of sp³-hybridized carbons (Fsp3) is 0.333. The van der Waals surface area contributed by atoms with E-state index in [4.69, 9.17) is 9.47 Å². The quantitative estimate of drug-likeness (QED) is 0.674. The van der Waals surface area contributed by atoms with E-state index in [-0.39, 0.29) is 29.5 Å². The molecule has 8 nitrogen and oxygen atoms in total. The van der Waals surface area contributed by atoms with Crippen molar-refractivity contribution in [1.29, 1.82) is 0 Å². The lowest BCUT2D eigenvalue weighted by atomic mass is 10.2. The molecule has 1 heterocycles. The Balaban J connectivity index is 1.93. The molecule has 0 fully saturated rings. The number of benzene rings is 2. The average Bonchev–Trinajstić information content (AvgIpc) is 2.76. The smallest absolute Gasteiger partial charge is 0.338 e. The van der Waals surface area contributed by atoms with Crippen molar-refractivity contribution in [3.8, 4) is 5.75 Å². The molecule has 1 aliphatic heterocycles. The molecule has 30 heavy (non-hydrogen) atoms. The third-order valence-corrected chi connectivity index (χ3v) is 6.32. The van der Waals surface area contributed by atoms with Crippen LogP contribution in [0.25, 0.3) is 0 Å². The number of nitrogens with zero attached hydrogens (tertiary/aromatic N) is 1. The van der Waals surface area contributed by atoms with Crippen molar-refractivity contribution in [3.05, 3.63) is 54.1 Å². The summed E-state index contributed by atoms with van der Waals surface area (Å²) in [5.74, 6) is -0.581. The van der Waals surface area contributed by atoms with Crippen LogP contribution in [0.3, 0.4) is 0 Å². The van der Waals surface area contributed by atoms with Crippen molar-refractivity contribution in [2.24, 2.45) is 0 Å². The van der Waals surface area contributed by atoms with Crippen LogP contribution in [-0.2, 0) is 19.6 Å². The molecule has 1 unspecified atom stereocenters. The van der Waals surface area contributed by atoms with Gasteiger partial charge in [0.15, 0.2) is 6.10 Å². The van der Waals surface area contributed by atoms with Crippen molar-refractivity contribution in [2.45, 2.75) is 31.3 Å². The standard InChI is InChI=1S/C21H24N2O6S/c1-3-13-22-20(24)19-14-23(17-7-5-6-8-18(17)29-19)30(26,27)16-11-9-15(10-12-16)21(25)28-4-2/h5-12,19H,3-4,13-14H2,1-2H3,(H,22,24). The van der Waals surface area contributed by atoms with Gasteiger partial charge >= 0.3 is 5.97 Å². The number of hydrogen-bond acceptors (Lipinski definition) is 6. The third-order valence-electron chi connectivity index (χ3n) is 4.53. The van der Waals surface area contributed by atoms with E-state index in [1.807, 2.05) is 6.92 Å². The minimum absolute atomic E-state index is 0.0000297. The van der Waals surface area contributed by atoms with Gasteiger partial charge in [0.25, 0.3) is 15.9 Å². The first kappa shape index (κ1) is 21.6. The van der Waals surface area contributed by atoms with Crippen molar-refractivity contribution in [3.63, 3.8) is 0 Å². The van der Waals surface area contributed by atoms with E-state index in [0.29, 0.717) is 18.0 Å². The minimum Gasteiger partial charge on any atom is -0.476 e. The van der Waals surface area contributed by atoms with Gasteiger partial charge in [-0.2, -0.15) is 0 Å². The van der Waals surface area contributed by atoms with Crippen LogP contribution in [0, 0.1) is 0 Å². The zero-order valence-corrected chi connectivity index (χ0v) is 17.6. The Morgan fingerprint density at radius 1 is 1.13 bits per heavy atom. The number of hydrogen-bond donors (Lipinski definition) is 1. The van der Waals surface area contributed by atoms with Crippen LogP contribution in [0.5, 0.6) is 5.75 Å². The number of amides is 1. The molecule has 0 bridgehead atoms. The SMILES string of the molecule is CCCNC(=O)C1CN(S(=O)(=O)c2ccc(C(=O)OCC)cc2)c2ccccc2O1. The molecule has 1 aliphatic rings. The van der Waals surface area contributed by atoms with Crippen LogP contribution in [0.1, 0.15) is 30.6 Å². The molecule has 0 saturated carbocycles. The van der Waals surface area contributed by atoms with E-state index in [1.165, 1.54) is 28.6 Å². The first-order valence-corrected chi connectivity index (χ1v) is 11.2. The van der Waals surface area contributed by atoms with Crippen molar-refractivity contribution < 1.29 is 27.5 Å². The molecule has 0 saturated heterocycles. The lowest BCUT2D eigenvalue weighted by Gasteiger charge is -2.34. The number of esters is 1. The maximum atomic E-state index is 13.4. The van der Waals surface area contributed by atoms with Crippen LogP contribution >= 0.6 is 0 Å². The zero-order valence-electron chi connectivity index (χ0n) is 16.8. The van der Waals surface area contributed by atoms with Crippen LogP contribution in [0.4, 0.5) is 5.69 Å². The molecular weight excluding hydrogens is 408 g/mol. The molecule has 3 rings (SSSR count). The molecule has 0 aromatic heterocycles. The van der Waals surface area contributed by atoms with Gasteiger partial charge in [-0.1, -0.05) is 19.1 Å². The van der Waals surface area contributed by atoms with Gasteiger partial charge in [0, 0.05) is 6.54 Å². The second-order valence-corrected chi connectivity index (χ2v) is 8.51. The van der Waals surface area contributed by atoms with E-state index >= 15 is 0 Å². The summed E-state index contributed by atoms with van der Waals surface area (Å²) in [6.45, 7) is 4.16. The van der Waals surface area contributed by atoms with Crippen molar-refractivity contribution in [1.82, 2.24) is 5.32 Å². The highest BCUT2D eigenvalue weighted by Gasteiger charge is 2.37.